The van der Waals surface area contributed by atoms with Gasteiger partial charge in [0.2, 0.25) is 0 Å². The Balaban J connectivity index is 0.00000288. The Bertz CT molecular complexity index is 695. The molecule has 24 heavy (non-hydrogen) atoms. The molecule has 0 unspecified atom stereocenters. The van der Waals surface area contributed by atoms with Crippen LogP contribution in [0.2, 0.25) is 0 Å². The van der Waals surface area contributed by atoms with Crippen molar-refractivity contribution in [2.24, 2.45) is 10.7 Å². The van der Waals surface area contributed by atoms with Gasteiger partial charge in [0, 0.05) is 18.4 Å². The smallest absolute Gasteiger partial charge is 0.193 e. The molecule has 0 bridgehead atoms. The van der Waals surface area contributed by atoms with E-state index in [1.165, 1.54) is 0 Å². The van der Waals surface area contributed by atoms with Gasteiger partial charge in [-0.2, -0.15) is 0 Å². The van der Waals surface area contributed by atoms with Crippen molar-refractivity contribution in [3.05, 3.63) is 58.1 Å². The second-order valence-electron chi connectivity index (χ2n) is 4.89. The van der Waals surface area contributed by atoms with E-state index in [0.717, 1.165) is 27.0 Å². The molecule has 0 amide bonds. The van der Waals surface area contributed by atoms with E-state index in [1.807, 2.05) is 42.5 Å². The molecule has 130 valence electrons. The Morgan fingerprint density at radius 3 is 2.62 bits per heavy atom. The van der Waals surface area contributed by atoms with Gasteiger partial charge >= 0.3 is 0 Å². The van der Waals surface area contributed by atoms with Crippen molar-refractivity contribution >= 4 is 51.6 Å². The second kappa shape index (κ2) is 10.5. The summed E-state index contributed by atoms with van der Waals surface area (Å²) in [4.78, 5) is 4.37. The molecule has 0 aromatic heterocycles. The number of halogens is 2. The Morgan fingerprint density at radius 2 is 1.96 bits per heavy atom. The van der Waals surface area contributed by atoms with Gasteiger partial charge in [0.25, 0.3) is 0 Å². The number of anilines is 1. The molecular formula is C17H21BrIN3O2. The van der Waals surface area contributed by atoms with Crippen molar-refractivity contribution in [1.29, 1.82) is 0 Å². The van der Waals surface area contributed by atoms with Gasteiger partial charge < -0.3 is 20.5 Å². The number of para-hydroxylation sites is 1. The highest BCUT2D eigenvalue weighted by Gasteiger charge is 2.04. The van der Waals surface area contributed by atoms with Crippen LogP contribution in [0.3, 0.4) is 0 Å². The quantitative estimate of drug-likeness (QED) is 0.351. The van der Waals surface area contributed by atoms with Crippen molar-refractivity contribution in [1.82, 2.24) is 0 Å². The van der Waals surface area contributed by atoms with Crippen LogP contribution in [-0.2, 0) is 17.9 Å². The van der Waals surface area contributed by atoms with Crippen molar-refractivity contribution in [2.45, 2.75) is 13.2 Å². The maximum absolute atomic E-state index is 5.97. The maximum Gasteiger partial charge on any atom is 0.193 e. The number of benzene rings is 2. The average molecular weight is 506 g/mol. The fraction of sp³-hybridized carbons (Fsp3) is 0.235. The molecule has 7 heteroatoms. The molecule has 3 N–H and O–H groups in total. The number of rotatable bonds is 6. The summed E-state index contributed by atoms with van der Waals surface area (Å²) < 4.78 is 11.3. The van der Waals surface area contributed by atoms with Crippen molar-refractivity contribution in [2.75, 3.05) is 19.5 Å². The fourth-order valence-corrected chi connectivity index (χ4v) is 2.67. The Morgan fingerprint density at radius 1 is 1.21 bits per heavy atom. The Kier molecular flexibility index (Phi) is 9.09. The van der Waals surface area contributed by atoms with E-state index in [2.05, 4.69) is 26.2 Å². The number of nitrogens with one attached hydrogen (secondary N) is 1. The molecule has 0 fully saturated rings. The summed E-state index contributed by atoms with van der Waals surface area (Å²) in [5.74, 6) is 1.15. The average Bonchev–Trinajstić information content (AvgIpc) is 2.55. The summed E-state index contributed by atoms with van der Waals surface area (Å²) in [6.07, 6.45) is 0. The molecule has 2 aromatic carbocycles. The van der Waals surface area contributed by atoms with E-state index >= 15 is 0 Å². The first-order valence-corrected chi connectivity index (χ1v) is 7.89. The topological polar surface area (TPSA) is 68.9 Å². The molecule has 2 aromatic rings. The van der Waals surface area contributed by atoms with Crippen LogP contribution in [0, 0.1) is 0 Å². The fourth-order valence-electron chi connectivity index (χ4n) is 2.09. The number of guanidine groups is 1. The molecule has 0 saturated carbocycles. The molecule has 5 nitrogen and oxygen atoms in total. The van der Waals surface area contributed by atoms with Gasteiger partial charge in [-0.15, -0.1) is 24.0 Å². The number of aliphatic imine (C=N–C) groups is 1. The summed E-state index contributed by atoms with van der Waals surface area (Å²) in [5.41, 5.74) is 8.93. The van der Waals surface area contributed by atoms with Gasteiger partial charge in [-0.3, -0.25) is 0 Å². The zero-order valence-electron chi connectivity index (χ0n) is 13.6. The minimum atomic E-state index is 0. The molecule has 0 saturated heterocycles. The van der Waals surface area contributed by atoms with Gasteiger partial charge in [-0.05, 0) is 39.7 Å². The van der Waals surface area contributed by atoms with Crippen LogP contribution in [0.5, 0.6) is 5.75 Å². The summed E-state index contributed by atoms with van der Waals surface area (Å²) in [6, 6.07) is 13.7. The van der Waals surface area contributed by atoms with Crippen LogP contribution in [0.25, 0.3) is 0 Å². The monoisotopic (exact) mass is 505 g/mol. The Hall–Kier alpha value is -1.32. The molecule has 0 atom stereocenters. The van der Waals surface area contributed by atoms with Gasteiger partial charge in [0.05, 0.1) is 24.7 Å². The highest BCUT2D eigenvalue weighted by molar-refractivity contribution is 14.0. The lowest BCUT2D eigenvalue weighted by molar-refractivity contribution is 0.185. The predicted molar refractivity (Wildman–Crippen MR) is 112 cm³/mol. The maximum atomic E-state index is 5.97. The molecule has 0 aliphatic carbocycles. The molecule has 2 rings (SSSR count). The third kappa shape index (κ3) is 5.95. The minimum absolute atomic E-state index is 0. The lowest BCUT2D eigenvalue weighted by Crippen LogP contribution is -2.23. The van der Waals surface area contributed by atoms with Crippen LogP contribution < -0.4 is 15.8 Å². The normalized spacial score (nSPS) is 10.9. The number of nitrogens with zero attached hydrogens (tertiary/aromatic N) is 1. The Labute approximate surface area is 167 Å². The van der Waals surface area contributed by atoms with Gasteiger partial charge in [0.15, 0.2) is 5.96 Å². The van der Waals surface area contributed by atoms with Crippen LogP contribution in [-0.4, -0.2) is 20.2 Å². The second-order valence-corrected chi connectivity index (χ2v) is 5.74. The summed E-state index contributed by atoms with van der Waals surface area (Å²) in [5, 5.41) is 3.11. The zero-order valence-corrected chi connectivity index (χ0v) is 17.5. The molecule has 0 aliphatic rings. The van der Waals surface area contributed by atoms with Crippen molar-refractivity contribution in [3.8, 4) is 5.75 Å². The highest BCUT2D eigenvalue weighted by atomic mass is 127. The van der Waals surface area contributed by atoms with E-state index in [9.17, 15) is 0 Å². The summed E-state index contributed by atoms with van der Waals surface area (Å²) >= 11 is 3.46. The first kappa shape index (κ1) is 20.7. The van der Waals surface area contributed by atoms with Crippen LogP contribution in [0.1, 0.15) is 11.1 Å². The van der Waals surface area contributed by atoms with Crippen LogP contribution in [0.15, 0.2) is 51.9 Å². The molecule has 0 heterocycles. The lowest BCUT2D eigenvalue weighted by atomic mass is 10.2. The van der Waals surface area contributed by atoms with Crippen LogP contribution >= 0.6 is 39.9 Å². The first-order chi connectivity index (χ1) is 11.1. The lowest BCUT2D eigenvalue weighted by Gasteiger charge is -2.11. The zero-order chi connectivity index (χ0) is 16.7. The number of methoxy groups -OCH3 is 2. The molecule has 0 aliphatic heterocycles. The number of hydrogen-bond donors (Lipinski definition) is 2. The minimum Gasteiger partial charge on any atom is -0.496 e. The molecular weight excluding hydrogens is 485 g/mol. The number of hydrogen-bond acceptors (Lipinski definition) is 3. The van der Waals surface area contributed by atoms with E-state index in [4.69, 9.17) is 15.2 Å². The third-order valence-electron chi connectivity index (χ3n) is 3.23. The predicted octanol–water partition coefficient (Wildman–Crippen LogP) is 4.15. The standard InChI is InChI=1S/C17H20BrN3O2.HI/c1-22-11-13-5-3-4-6-15(13)21-17(19)20-10-12-7-8-16(23-2)14(18)9-12;/h3-9H,10-11H2,1-2H3,(H3,19,20,21);1H. The third-order valence-corrected chi connectivity index (χ3v) is 3.85. The first-order valence-electron chi connectivity index (χ1n) is 7.10. The number of ether oxygens (including phenoxy) is 2. The summed E-state index contributed by atoms with van der Waals surface area (Å²) in [7, 11) is 3.30. The molecule has 0 spiro atoms. The van der Waals surface area contributed by atoms with Crippen molar-refractivity contribution in [3.63, 3.8) is 0 Å². The van der Waals surface area contributed by atoms with E-state index in [1.54, 1.807) is 14.2 Å². The van der Waals surface area contributed by atoms with E-state index in [-0.39, 0.29) is 24.0 Å². The SMILES string of the molecule is COCc1ccccc1NC(N)=NCc1ccc(OC)c(Br)c1.I. The summed E-state index contributed by atoms with van der Waals surface area (Å²) in [6.45, 7) is 0.996. The number of nitrogens with two attached hydrogens (primary N) is 1. The van der Waals surface area contributed by atoms with Gasteiger partial charge in [-0.1, -0.05) is 24.3 Å². The van der Waals surface area contributed by atoms with E-state index < -0.39 is 0 Å². The van der Waals surface area contributed by atoms with Gasteiger partial charge in [0.1, 0.15) is 5.75 Å². The van der Waals surface area contributed by atoms with Crippen molar-refractivity contribution < 1.29 is 9.47 Å². The largest absolute Gasteiger partial charge is 0.496 e. The van der Waals surface area contributed by atoms with Crippen LogP contribution in [0.4, 0.5) is 5.69 Å². The van der Waals surface area contributed by atoms with E-state index in [0.29, 0.717) is 19.1 Å². The highest BCUT2D eigenvalue weighted by Crippen LogP contribution is 2.25. The molecule has 0 radical (unpaired) electrons. The van der Waals surface area contributed by atoms with Gasteiger partial charge in [-0.25, -0.2) is 4.99 Å².